The summed E-state index contributed by atoms with van der Waals surface area (Å²) >= 11 is 0. The summed E-state index contributed by atoms with van der Waals surface area (Å²) in [5.41, 5.74) is 0.788. The average Bonchev–Trinajstić information content (AvgIpc) is 3.46. The molecule has 0 spiro atoms. The number of phenols is 1. The monoisotopic (exact) mass is 608 g/mol. The van der Waals surface area contributed by atoms with Gasteiger partial charge in [0.25, 0.3) is 0 Å². The molecule has 2 amide bonds. The van der Waals surface area contributed by atoms with Gasteiger partial charge in [-0.2, -0.15) is 0 Å². The fourth-order valence-electron chi connectivity index (χ4n) is 5.54. The highest BCUT2D eigenvalue weighted by Crippen LogP contribution is 2.54. The second kappa shape index (κ2) is 14.4. The molecule has 0 radical (unpaired) electrons. The lowest BCUT2D eigenvalue weighted by Gasteiger charge is -2.32. The molecular weight excluding hydrogens is 571 g/mol. The summed E-state index contributed by atoms with van der Waals surface area (Å²) in [6.45, 7) is 0.0309. The predicted octanol–water partition coefficient (Wildman–Crippen LogP) is 5.00. The zero-order valence-corrected chi connectivity index (χ0v) is 24.6. The normalized spacial score (nSPS) is 16.8. The molecule has 0 bridgehead atoms. The molecule has 3 aromatic carbocycles. The van der Waals surface area contributed by atoms with E-state index in [-0.39, 0.29) is 31.1 Å². The molecule has 0 aliphatic heterocycles. The number of aliphatic carboxylic acids is 1. The van der Waals surface area contributed by atoms with E-state index < -0.39 is 42.8 Å². The number of aromatic hydroxyl groups is 1. The standard InChI is InChI=1S/C32H37N2O8P/c35-26-15-13-23(14-16-26)19-27(29(36)37)33-30(38)32(17-7-8-18-32)22-43(40,41)21-28(25-11-5-2-6-12-25)34-31(39)42-20-24-9-3-1-4-10-24/h1-6,9-16,27-28,35H,7-8,17-22H2,(H,33,38)(H,34,39)(H,36,37)(H,40,41)/t27-,28+/m0/s1. The number of benzene rings is 3. The lowest BCUT2D eigenvalue weighted by atomic mass is 9.87. The summed E-state index contributed by atoms with van der Waals surface area (Å²) in [6, 6.07) is 21.8. The average molecular weight is 609 g/mol. The van der Waals surface area contributed by atoms with Crippen LogP contribution in [0.4, 0.5) is 4.79 Å². The number of amides is 2. The van der Waals surface area contributed by atoms with Gasteiger partial charge in [-0.25, -0.2) is 9.59 Å². The second-order valence-corrected chi connectivity index (χ2v) is 13.5. The van der Waals surface area contributed by atoms with Crippen molar-refractivity contribution in [3.8, 4) is 5.75 Å². The summed E-state index contributed by atoms with van der Waals surface area (Å²) in [6.07, 6.45) is 0.576. The molecule has 5 N–H and O–H groups in total. The quantitative estimate of drug-likeness (QED) is 0.169. The number of carboxylic acids is 1. The van der Waals surface area contributed by atoms with Crippen molar-refractivity contribution in [3.05, 3.63) is 102 Å². The van der Waals surface area contributed by atoms with Gasteiger partial charge >= 0.3 is 12.1 Å². The molecule has 1 aliphatic rings. The van der Waals surface area contributed by atoms with E-state index in [0.29, 0.717) is 36.8 Å². The highest BCUT2D eigenvalue weighted by molar-refractivity contribution is 7.58. The van der Waals surface area contributed by atoms with Crippen LogP contribution >= 0.6 is 7.37 Å². The molecule has 0 aromatic heterocycles. The van der Waals surface area contributed by atoms with E-state index in [1.807, 2.05) is 30.3 Å². The maximum atomic E-state index is 13.8. The van der Waals surface area contributed by atoms with Gasteiger partial charge in [0.15, 0.2) is 0 Å². The molecule has 11 heteroatoms. The summed E-state index contributed by atoms with van der Waals surface area (Å²) in [5, 5.41) is 24.7. The van der Waals surface area contributed by atoms with Crippen molar-refractivity contribution in [2.75, 3.05) is 12.3 Å². The van der Waals surface area contributed by atoms with Gasteiger partial charge in [0.05, 0.1) is 11.5 Å². The zero-order chi connectivity index (χ0) is 30.9. The number of carbonyl (C=O) groups excluding carboxylic acids is 2. The van der Waals surface area contributed by atoms with Crippen LogP contribution in [0, 0.1) is 5.41 Å². The Morgan fingerprint density at radius 1 is 0.860 bits per heavy atom. The minimum absolute atomic E-state index is 0.0146. The SMILES string of the molecule is O=C(N[C@H](CP(=O)(O)CC1(C(=O)N[C@@H](Cc2ccc(O)cc2)C(=O)O)CCCC1)c1ccccc1)OCc1ccccc1. The zero-order valence-electron chi connectivity index (χ0n) is 23.7. The molecule has 1 fully saturated rings. The van der Waals surface area contributed by atoms with Crippen LogP contribution in [0.3, 0.4) is 0 Å². The van der Waals surface area contributed by atoms with Crippen molar-refractivity contribution in [2.45, 2.75) is 50.8 Å². The Hall–Kier alpha value is -4.14. The van der Waals surface area contributed by atoms with E-state index in [1.54, 1.807) is 42.5 Å². The summed E-state index contributed by atoms with van der Waals surface area (Å²) in [7, 11) is -4.06. The fourth-order valence-corrected chi connectivity index (χ4v) is 7.94. The number of rotatable bonds is 13. The first-order valence-corrected chi connectivity index (χ1v) is 16.2. The summed E-state index contributed by atoms with van der Waals surface area (Å²) in [4.78, 5) is 49.7. The molecule has 10 nitrogen and oxygen atoms in total. The van der Waals surface area contributed by atoms with Gasteiger partial charge in [-0.15, -0.1) is 0 Å². The first kappa shape index (κ1) is 31.8. The maximum absolute atomic E-state index is 13.8. The van der Waals surface area contributed by atoms with Crippen LogP contribution < -0.4 is 10.6 Å². The summed E-state index contributed by atoms with van der Waals surface area (Å²) < 4.78 is 19.2. The molecule has 3 aromatic rings. The van der Waals surface area contributed by atoms with Crippen molar-refractivity contribution in [3.63, 3.8) is 0 Å². The molecule has 0 saturated heterocycles. The molecule has 43 heavy (non-hydrogen) atoms. The Morgan fingerprint density at radius 2 is 1.47 bits per heavy atom. The number of hydrogen-bond donors (Lipinski definition) is 5. The van der Waals surface area contributed by atoms with E-state index in [4.69, 9.17) is 4.74 Å². The number of carboxylic acid groups (broad SMARTS) is 1. The molecular formula is C32H37N2O8P. The maximum Gasteiger partial charge on any atom is 0.407 e. The lowest BCUT2D eigenvalue weighted by molar-refractivity contribution is -0.143. The third-order valence-corrected chi connectivity index (χ3v) is 9.78. The van der Waals surface area contributed by atoms with Crippen LogP contribution in [0.15, 0.2) is 84.9 Å². The van der Waals surface area contributed by atoms with Gasteiger partial charge in [-0.3, -0.25) is 9.36 Å². The number of phenolic OH excluding ortho intramolecular Hbond substituents is 1. The highest BCUT2D eigenvalue weighted by Gasteiger charge is 2.47. The molecule has 1 saturated carbocycles. The Labute approximate surface area is 250 Å². The van der Waals surface area contributed by atoms with Crippen LogP contribution in [-0.4, -0.2) is 51.4 Å². The van der Waals surface area contributed by atoms with Crippen molar-refractivity contribution in [1.29, 1.82) is 0 Å². The van der Waals surface area contributed by atoms with Crippen molar-refractivity contribution in [1.82, 2.24) is 10.6 Å². The van der Waals surface area contributed by atoms with Crippen LogP contribution in [0.2, 0.25) is 0 Å². The van der Waals surface area contributed by atoms with Crippen LogP contribution in [-0.2, 0) is 31.9 Å². The Kier molecular flexibility index (Phi) is 10.6. The third-order valence-electron chi connectivity index (χ3n) is 7.75. The van der Waals surface area contributed by atoms with Crippen molar-refractivity contribution in [2.24, 2.45) is 5.41 Å². The number of carbonyl (C=O) groups is 3. The Balaban J connectivity index is 1.47. The smallest absolute Gasteiger partial charge is 0.407 e. The van der Waals surface area contributed by atoms with Crippen LogP contribution in [0.5, 0.6) is 5.75 Å². The second-order valence-electron chi connectivity index (χ2n) is 11.1. The first-order chi connectivity index (χ1) is 20.6. The Bertz CT molecular complexity index is 1430. The van der Waals surface area contributed by atoms with Crippen molar-refractivity contribution < 1.29 is 38.8 Å². The van der Waals surface area contributed by atoms with Gasteiger partial charge < -0.3 is 30.5 Å². The van der Waals surface area contributed by atoms with Gasteiger partial charge in [0, 0.05) is 18.7 Å². The van der Waals surface area contributed by atoms with Gasteiger partial charge in [-0.1, -0.05) is 85.6 Å². The van der Waals surface area contributed by atoms with E-state index >= 15 is 0 Å². The first-order valence-electron chi connectivity index (χ1n) is 14.2. The van der Waals surface area contributed by atoms with E-state index in [2.05, 4.69) is 10.6 Å². The molecule has 0 heterocycles. The minimum Gasteiger partial charge on any atom is -0.508 e. The van der Waals surface area contributed by atoms with Gasteiger partial charge in [0.2, 0.25) is 13.3 Å². The van der Waals surface area contributed by atoms with E-state index in [9.17, 15) is 34.1 Å². The molecule has 3 atom stereocenters. The highest BCUT2D eigenvalue weighted by atomic mass is 31.2. The predicted molar refractivity (Wildman–Crippen MR) is 161 cm³/mol. The number of hydrogen-bond acceptors (Lipinski definition) is 6. The third kappa shape index (κ3) is 9.17. The van der Waals surface area contributed by atoms with Crippen LogP contribution in [0.25, 0.3) is 0 Å². The molecule has 228 valence electrons. The fraction of sp³-hybridized carbons (Fsp3) is 0.344. The minimum atomic E-state index is -4.06. The number of ether oxygens (including phenoxy) is 1. The van der Waals surface area contributed by atoms with Crippen LogP contribution in [0.1, 0.15) is 48.4 Å². The molecule has 1 unspecified atom stereocenters. The van der Waals surface area contributed by atoms with E-state index in [1.165, 1.54) is 12.1 Å². The molecule has 4 rings (SSSR count). The number of alkyl carbamates (subject to hydrolysis) is 1. The number of nitrogens with one attached hydrogen (secondary N) is 2. The summed E-state index contributed by atoms with van der Waals surface area (Å²) in [5.74, 6) is -1.77. The van der Waals surface area contributed by atoms with Crippen molar-refractivity contribution >= 4 is 25.3 Å². The van der Waals surface area contributed by atoms with Gasteiger partial charge in [-0.05, 0) is 41.7 Å². The lowest BCUT2D eigenvalue weighted by Crippen LogP contribution is -2.50. The van der Waals surface area contributed by atoms with Gasteiger partial charge in [0.1, 0.15) is 18.4 Å². The van der Waals surface area contributed by atoms with E-state index in [0.717, 1.165) is 5.56 Å². The molecule has 1 aliphatic carbocycles. The Morgan fingerprint density at radius 3 is 2.07 bits per heavy atom. The largest absolute Gasteiger partial charge is 0.508 e. The topological polar surface area (TPSA) is 162 Å².